The Bertz CT molecular complexity index is 516. The average molecular weight is 321 g/mol. The van der Waals surface area contributed by atoms with Crippen molar-refractivity contribution in [1.29, 1.82) is 0 Å². The average Bonchev–Trinajstić information content (AvgIpc) is 2.46. The van der Waals surface area contributed by atoms with Crippen LogP contribution in [-0.2, 0) is 9.53 Å². The van der Waals surface area contributed by atoms with E-state index in [1.54, 1.807) is 0 Å². The van der Waals surface area contributed by atoms with E-state index in [1.165, 1.54) is 0 Å². The highest BCUT2D eigenvalue weighted by Crippen LogP contribution is 2.28. The van der Waals surface area contributed by atoms with Gasteiger partial charge in [-0.05, 0) is 63.3 Å². The van der Waals surface area contributed by atoms with Gasteiger partial charge in [-0.25, -0.2) is 0 Å². The first-order valence-corrected chi connectivity index (χ1v) is 8.43. The predicted octanol–water partition coefficient (Wildman–Crippen LogP) is 4.48. The van der Waals surface area contributed by atoms with Gasteiger partial charge < -0.3 is 14.8 Å². The van der Waals surface area contributed by atoms with E-state index in [-0.39, 0.29) is 5.91 Å². The highest BCUT2D eigenvalue weighted by atomic mass is 16.5. The van der Waals surface area contributed by atoms with E-state index >= 15 is 0 Å². The molecule has 0 saturated carbocycles. The molecule has 4 nitrogen and oxygen atoms in total. The predicted molar refractivity (Wildman–Crippen MR) is 95.2 cm³/mol. The van der Waals surface area contributed by atoms with Crippen LogP contribution in [0.1, 0.15) is 52.2 Å². The second kappa shape index (κ2) is 8.34. The van der Waals surface area contributed by atoms with Gasteiger partial charge in [0.05, 0.1) is 6.61 Å². The monoisotopic (exact) mass is 321 g/mol. The maximum Gasteiger partial charge on any atom is 0.256 e. The number of aryl methyl sites for hydroxylation is 2. The molecule has 1 unspecified atom stereocenters. The number of amides is 1. The standard InChI is InChI=1S/C19H31NO3/c1-8-19(7,23-9-2)18(21)20-16-10-14(5)17(15(6)11-16)22-12-13(3)4/h10-11,13H,8-9,12H2,1-7H3,(H,20,21). The Morgan fingerprint density at radius 2 is 1.78 bits per heavy atom. The molecule has 1 aromatic rings. The second-order valence-corrected chi connectivity index (χ2v) is 6.62. The van der Waals surface area contributed by atoms with Crippen molar-refractivity contribution in [1.82, 2.24) is 0 Å². The lowest BCUT2D eigenvalue weighted by molar-refractivity contribution is -0.139. The minimum atomic E-state index is -0.802. The van der Waals surface area contributed by atoms with Crippen LogP contribution in [0.3, 0.4) is 0 Å². The first-order chi connectivity index (χ1) is 10.7. The van der Waals surface area contributed by atoms with Crippen molar-refractivity contribution in [2.75, 3.05) is 18.5 Å². The summed E-state index contributed by atoms with van der Waals surface area (Å²) in [4.78, 5) is 12.5. The van der Waals surface area contributed by atoms with E-state index in [0.717, 1.165) is 22.6 Å². The molecule has 1 rings (SSSR count). The number of hydrogen-bond acceptors (Lipinski definition) is 3. The summed E-state index contributed by atoms with van der Waals surface area (Å²) in [6.07, 6.45) is 0.625. The number of carbonyl (C=O) groups is 1. The zero-order chi connectivity index (χ0) is 17.6. The first kappa shape index (κ1) is 19.5. The van der Waals surface area contributed by atoms with Gasteiger partial charge in [0.25, 0.3) is 5.91 Å². The summed E-state index contributed by atoms with van der Waals surface area (Å²) in [5.74, 6) is 1.26. The van der Waals surface area contributed by atoms with E-state index < -0.39 is 5.60 Å². The van der Waals surface area contributed by atoms with Crippen molar-refractivity contribution in [3.63, 3.8) is 0 Å². The fourth-order valence-corrected chi connectivity index (χ4v) is 2.41. The van der Waals surface area contributed by atoms with Crippen molar-refractivity contribution < 1.29 is 14.3 Å². The molecule has 0 aliphatic rings. The number of carbonyl (C=O) groups excluding carboxylic acids is 1. The summed E-state index contributed by atoms with van der Waals surface area (Å²) in [5, 5.41) is 2.97. The molecule has 0 fully saturated rings. The summed E-state index contributed by atoms with van der Waals surface area (Å²) in [6.45, 7) is 15.1. The number of benzene rings is 1. The Balaban J connectivity index is 2.92. The molecule has 1 atom stereocenters. The van der Waals surface area contributed by atoms with Crippen LogP contribution in [0.5, 0.6) is 5.75 Å². The maximum atomic E-state index is 12.5. The molecule has 0 aliphatic heterocycles. The molecule has 0 aromatic heterocycles. The molecule has 1 amide bonds. The highest BCUT2D eigenvalue weighted by Gasteiger charge is 2.32. The van der Waals surface area contributed by atoms with Gasteiger partial charge >= 0.3 is 0 Å². The van der Waals surface area contributed by atoms with Crippen LogP contribution < -0.4 is 10.1 Å². The third kappa shape index (κ3) is 5.24. The van der Waals surface area contributed by atoms with Gasteiger partial charge in [-0.15, -0.1) is 0 Å². The number of ether oxygens (including phenoxy) is 2. The summed E-state index contributed by atoms with van der Waals surface area (Å²) >= 11 is 0. The Kier molecular flexibility index (Phi) is 7.07. The highest BCUT2D eigenvalue weighted by molar-refractivity contribution is 5.97. The summed E-state index contributed by atoms with van der Waals surface area (Å²) in [6, 6.07) is 3.89. The summed E-state index contributed by atoms with van der Waals surface area (Å²) < 4.78 is 11.5. The van der Waals surface area contributed by atoms with Crippen LogP contribution in [0.15, 0.2) is 12.1 Å². The summed E-state index contributed by atoms with van der Waals surface area (Å²) in [5.41, 5.74) is 2.02. The molecule has 130 valence electrons. The van der Waals surface area contributed by atoms with E-state index in [2.05, 4.69) is 19.2 Å². The molecular formula is C19H31NO3. The zero-order valence-electron chi connectivity index (χ0n) is 15.6. The Morgan fingerprint density at radius 1 is 1.22 bits per heavy atom. The van der Waals surface area contributed by atoms with Gasteiger partial charge in [0.2, 0.25) is 0 Å². The molecule has 0 heterocycles. The molecule has 4 heteroatoms. The molecular weight excluding hydrogens is 290 g/mol. The zero-order valence-corrected chi connectivity index (χ0v) is 15.6. The molecule has 0 spiro atoms. The Hall–Kier alpha value is -1.55. The molecule has 1 N–H and O–H groups in total. The lowest BCUT2D eigenvalue weighted by Crippen LogP contribution is -2.42. The third-order valence-electron chi connectivity index (χ3n) is 3.90. The number of hydrogen-bond donors (Lipinski definition) is 1. The largest absolute Gasteiger partial charge is 0.493 e. The Morgan fingerprint density at radius 3 is 2.22 bits per heavy atom. The molecule has 0 bridgehead atoms. The minimum absolute atomic E-state index is 0.114. The van der Waals surface area contributed by atoms with Gasteiger partial charge in [-0.1, -0.05) is 20.8 Å². The van der Waals surface area contributed by atoms with Gasteiger partial charge in [0.15, 0.2) is 0 Å². The number of anilines is 1. The van der Waals surface area contributed by atoms with Crippen molar-refractivity contribution in [3.05, 3.63) is 23.3 Å². The van der Waals surface area contributed by atoms with E-state index in [0.29, 0.717) is 25.6 Å². The lowest BCUT2D eigenvalue weighted by atomic mass is 10.0. The quantitative estimate of drug-likeness (QED) is 0.768. The fraction of sp³-hybridized carbons (Fsp3) is 0.632. The molecule has 0 radical (unpaired) electrons. The number of nitrogens with one attached hydrogen (secondary N) is 1. The van der Waals surface area contributed by atoms with Crippen LogP contribution in [-0.4, -0.2) is 24.7 Å². The second-order valence-electron chi connectivity index (χ2n) is 6.62. The lowest BCUT2D eigenvalue weighted by Gasteiger charge is -2.27. The van der Waals surface area contributed by atoms with Crippen molar-refractivity contribution >= 4 is 11.6 Å². The smallest absolute Gasteiger partial charge is 0.256 e. The van der Waals surface area contributed by atoms with Crippen LogP contribution in [0, 0.1) is 19.8 Å². The van der Waals surface area contributed by atoms with Crippen LogP contribution in [0.25, 0.3) is 0 Å². The van der Waals surface area contributed by atoms with Gasteiger partial charge in [0, 0.05) is 12.3 Å². The van der Waals surface area contributed by atoms with Crippen LogP contribution in [0.4, 0.5) is 5.69 Å². The molecule has 1 aromatic carbocycles. The van der Waals surface area contributed by atoms with E-state index in [1.807, 2.05) is 46.8 Å². The molecule has 0 saturated heterocycles. The first-order valence-electron chi connectivity index (χ1n) is 8.43. The van der Waals surface area contributed by atoms with Crippen molar-refractivity contribution in [2.45, 2.75) is 60.5 Å². The normalized spacial score (nSPS) is 13.7. The van der Waals surface area contributed by atoms with Crippen LogP contribution >= 0.6 is 0 Å². The minimum Gasteiger partial charge on any atom is -0.493 e. The molecule has 23 heavy (non-hydrogen) atoms. The maximum absolute atomic E-state index is 12.5. The van der Waals surface area contributed by atoms with Gasteiger partial charge in [0.1, 0.15) is 11.4 Å². The Labute approximate surface area is 140 Å². The third-order valence-corrected chi connectivity index (χ3v) is 3.90. The SMILES string of the molecule is CCOC(C)(CC)C(=O)Nc1cc(C)c(OCC(C)C)c(C)c1. The van der Waals surface area contributed by atoms with Gasteiger partial charge in [-0.3, -0.25) is 4.79 Å². The summed E-state index contributed by atoms with van der Waals surface area (Å²) in [7, 11) is 0. The van der Waals surface area contributed by atoms with Crippen molar-refractivity contribution in [3.8, 4) is 5.75 Å². The number of rotatable bonds is 8. The van der Waals surface area contributed by atoms with Crippen molar-refractivity contribution in [2.24, 2.45) is 5.92 Å². The van der Waals surface area contributed by atoms with E-state index in [9.17, 15) is 4.79 Å². The van der Waals surface area contributed by atoms with Crippen LogP contribution in [0.2, 0.25) is 0 Å². The topological polar surface area (TPSA) is 47.6 Å². The van der Waals surface area contributed by atoms with E-state index in [4.69, 9.17) is 9.47 Å². The molecule has 0 aliphatic carbocycles. The fourth-order valence-electron chi connectivity index (χ4n) is 2.41. The van der Waals surface area contributed by atoms with Gasteiger partial charge in [-0.2, -0.15) is 0 Å².